The van der Waals surface area contributed by atoms with Crippen LogP contribution in [-0.2, 0) is 4.79 Å². The molecule has 0 aliphatic heterocycles. The van der Waals surface area contributed by atoms with Crippen LogP contribution < -0.4 is 0 Å². The van der Waals surface area contributed by atoms with Gasteiger partial charge in [-0.3, -0.25) is 0 Å². The van der Waals surface area contributed by atoms with Gasteiger partial charge in [-0.2, -0.15) is 0 Å². The topological polar surface area (TPSA) is 17.1 Å². The van der Waals surface area contributed by atoms with E-state index < -0.39 is 0 Å². The Morgan fingerprint density at radius 1 is 1.36 bits per heavy atom. The van der Waals surface area contributed by atoms with E-state index in [1.54, 1.807) is 0 Å². The summed E-state index contributed by atoms with van der Waals surface area (Å²) in [6.07, 6.45) is 4.40. The molecule has 11 heavy (non-hydrogen) atoms. The first-order chi connectivity index (χ1) is 5.14. The Morgan fingerprint density at radius 3 is 2.45 bits per heavy atom. The molecule has 0 heterocycles. The van der Waals surface area contributed by atoms with Crippen LogP contribution in [0.15, 0.2) is 0 Å². The second-order valence-electron chi connectivity index (χ2n) is 4.23. The third-order valence-electron chi connectivity index (χ3n) is 3.24. The van der Waals surface area contributed by atoms with E-state index in [0.29, 0.717) is 11.3 Å². The molecule has 2 atom stereocenters. The fourth-order valence-corrected chi connectivity index (χ4v) is 2.31. The fourth-order valence-electron chi connectivity index (χ4n) is 2.31. The summed E-state index contributed by atoms with van der Waals surface area (Å²) >= 11 is 0. The number of rotatable bonds is 4. The maximum absolute atomic E-state index is 10.3. The zero-order chi connectivity index (χ0) is 8.48. The summed E-state index contributed by atoms with van der Waals surface area (Å²) in [5.74, 6) is 1.50. The molecule has 2 unspecified atom stereocenters. The summed E-state index contributed by atoms with van der Waals surface area (Å²) in [7, 11) is 0. The van der Waals surface area contributed by atoms with Gasteiger partial charge in [-0.1, -0.05) is 27.2 Å². The molecule has 1 aliphatic carbocycles. The summed E-state index contributed by atoms with van der Waals surface area (Å²) in [4.78, 5) is 10.3. The van der Waals surface area contributed by atoms with Gasteiger partial charge in [0.25, 0.3) is 0 Å². The first-order valence-corrected chi connectivity index (χ1v) is 4.58. The number of hydrogen-bond donors (Lipinski definition) is 0. The molecule has 0 amide bonds. The van der Waals surface area contributed by atoms with E-state index in [1.807, 2.05) is 0 Å². The number of carbonyl (C=O) groups is 1. The Labute approximate surface area is 69.2 Å². The van der Waals surface area contributed by atoms with Crippen LogP contribution in [0, 0.1) is 17.3 Å². The second-order valence-corrected chi connectivity index (χ2v) is 4.23. The molecule has 0 N–H and O–H groups in total. The van der Waals surface area contributed by atoms with Crippen molar-refractivity contribution < 1.29 is 4.79 Å². The van der Waals surface area contributed by atoms with Gasteiger partial charge in [-0.25, -0.2) is 0 Å². The van der Waals surface area contributed by atoms with Crippen molar-refractivity contribution in [1.29, 1.82) is 0 Å². The molecule has 1 heteroatoms. The molecule has 0 bridgehead atoms. The fraction of sp³-hybridized carbons (Fsp3) is 0.900. The van der Waals surface area contributed by atoms with Gasteiger partial charge in [0.1, 0.15) is 6.29 Å². The van der Waals surface area contributed by atoms with Gasteiger partial charge < -0.3 is 4.79 Å². The molecule has 0 saturated heterocycles. The zero-order valence-corrected chi connectivity index (χ0v) is 7.76. The van der Waals surface area contributed by atoms with Crippen LogP contribution in [0.4, 0.5) is 0 Å². The van der Waals surface area contributed by atoms with Gasteiger partial charge >= 0.3 is 0 Å². The molecule has 64 valence electrons. The maximum Gasteiger partial charge on any atom is 0.120 e. The van der Waals surface area contributed by atoms with Crippen LogP contribution in [-0.4, -0.2) is 6.29 Å². The van der Waals surface area contributed by atoms with E-state index in [0.717, 1.165) is 18.6 Å². The third kappa shape index (κ3) is 1.47. The van der Waals surface area contributed by atoms with Gasteiger partial charge in [0.05, 0.1) is 0 Å². The SMILES string of the molecule is CCCC1C(CC=O)C1(C)C. The molecule has 0 aromatic heterocycles. The highest BCUT2D eigenvalue weighted by Gasteiger charge is 2.55. The van der Waals surface area contributed by atoms with Crippen molar-refractivity contribution in [2.45, 2.75) is 40.0 Å². The highest BCUT2D eigenvalue weighted by atomic mass is 16.1. The molecular weight excluding hydrogens is 136 g/mol. The summed E-state index contributed by atoms with van der Waals surface area (Å²) in [6.45, 7) is 6.77. The first kappa shape index (κ1) is 8.76. The molecule has 1 saturated carbocycles. The Hall–Kier alpha value is -0.330. The van der Waals surface area contributed by atoms with Crippen LogP contribution in [0.2, 0.25) is 0 Å². The predicted molar refractivity (Wildman–Crippen MR) is 46.4 cm³/mol. The predicted octanol–water partition coefficient (Wildman–Crippen LogP) is 2.65. The molecule has 1 fully saturated rings. The number of aldehydes is 1. The van der Waals surface area contributed by atoms with Crippen molar-refractivity contribution in [2.75, 3.05) is 0 Å². The summed E-state index contributed by atoms with van der Waals surface area (Å²) < 4.78 is 0. The lowest BCUT2D eigenvalue weighted by Gasteiger charge is -1.98. The highest BCUT2D eigenvalue weighted by Crippen LogP contribution is 2.61. The van der Waals surface area contributed by atoms with Crippen LogP contribution in [0.25, 0.3) is 0 Å². The van der Waals surface area contributed by atoms with E-state index in [2.05, 4.69) is 20.8 Å². The molecule has 0 aromatic carbocycles. The van der Waals surface area contributed by atoms with Crippen molar-refractivity contribution in [3.63, 3.8) is 0 Å². The van der Waals surface area contributed by atoms with E-state index in [9.17, 15) is 4.79 Å². The van der Waals surface area contributed by atoms with E-state index >= 15 is 0 Å². The largest absolute Gasteiger partial charge is 0.303 e. The minimum atomic E-state index is 0.455. The zero-order valence-electron chi connectivity index (χ0n) is 7.76. The summed E-state index contributed by atoms with van der Waals surface area (Å²) in [5, 5.41) is 0. The maximum atomic E-state index is 10.3. The van der Waals surface area contributed by atoms with E-state index in [4.69, 9.17) is 0 Å². The molecule has 1 aliphatic rings. The monoisotopic (exact) mass is 154 g/mol. The van der Waals surface area contributed by atoms with Crippen molar-refractivity contribution in [2.24, 2.45) is 17.3 Å². The minimum absolute atomic E-state index is 0.455. The second kappa shape index (κ2) is 2.96. The van der Waals surface area contributed by atoms with Crippen LogP contribution >= 0.6 is 0 Å². The summed E-state index contributed by atoms with van der Waals surface area (Å²) in [6, 6.07) is 0. The Bertz CT molecular complexity index is 149. The van der Waals surface area contributed by atoms with E-state index in [-0.39, 0.29) is 0 Å². The lowest BCUT2D eigenvalue weighted by molar-refractivity contribution is -0.108. The van der Waals surface area contributed by atoms with Gasteiger partial charge in [-0.05, 0) is 23.7 Å². The van der Waals surface area contributed by atoms with Gasteiger partial charge in [0.2, 0.25) is 0 Å². The normalized spacial score (nSPS) is 33.4. The van der Waals surface area contributed by atoms with Gasteiger partial charge in [0, 0.05) is 6.42 Å². The Kier molecular flexibility index (Phi) is 2.36. The van der Waals surface area contributed by atoms with Crippen molar-refractivity contribution in [3.05, 3.63) is 0 Å². The van der Waals surface area contributed by atoms with Gasteiger partial charge in [-0.15, -0.1) is 0 Å². The Balaban J connectivity index is 2.39. The standard InChI is InChI=1S/C10H18O/c1-4-5-8-9(6-7-11)10(8,2)3/h7-9H,4-6H2,1-3H3. The van der Waals surface area contributed by atoms with E-state index in [1.165, 1.54) is 12.8 Å². The van der Waals surface area contributed by atoms with Crippen LogP contribution in [0.5, 0.6) is 0 Å². The summed E-state index contributed by atoms with van der Waals surface area (Å²) in [5.41, 5.74) is 0.455. The first-order valence-electron chi connectivity index (χ1n) is 4.58. The lowest BCUT2D eigenvalue weighted by Crippen LogP contribution is -1.90. The van der Waals surface area contributed by atoms with Crippen LogP contribution in [0.3, 0.4) is 0 Å². The molecular formula is C10H18O. The van der Waals surface area contributed by atoms with Crippen molar-refractivity contribution in [1.82, 2.24) is 0 Å². The van der Waals surface area contributed by atoms with Crippen LogP contribution in [0.1, 0.15) is 40.0 Å². The smallest absolute Gasteiger partial charge is 0.120 e. The average molecular weight is 154 g/mol. The molecule has 1 nitrogen and oxygen atoms in total. The molecule has 1 rings (SSSR count). The minimum Gasteiger partial charge on any atom is -0.303 e. The number of carbonyl (C=O) groups excluding carboxylic acids is 1. The number of hydrogen-bond acceptors (Lipinski definition) is 1. The lowest BCUT2D eigenvalue weighted by atomic mass is 10.1. The van der Waals surface area contributed by atoms with Crippen molar-refractivity contribution in [3.8, 4) is 0 Å². The quantitative estimate of drug-likeness (QED) is 0.569. The Morgan fingerprint density at radius 2 is 2.00 bits per heavy atom. The molecule has 0 aromatic rings. The highest BCUT2D eigenvalue weighted by molar-refractivity contribution is 5.51. The van der Waals surface area contributed by atoms with Crippen molar-refractivity contribution >= 4 is 6.29 Å². The molecule has 0 spiro atoms. The third-order valence-corrected chi connectivity index (χ3v) is 3.24. The molecule has 0 radical (unpaired) electrons. The average Bonchev–Trinajstić information content (AvgIpc) is 2.41. The van der Waals surface area contributed by atoms with Gasteiger partial charge in [0.15, 0.2) is 0 Å².